The normalized spacial score (nSPS) is 13.9. The van der Waals surface area contributed by atoms with Crippen LogP contribution >= 0.6 is 0 Å². The summed E-state index contributed by atoms with van der Waals surface area (Å²) in [5, 5.41) is 43.8. The summed E-state index contributed by atoms with van der Waals surface area (Å²) in [6.45, 7) is 4.07. The maximum atomic E-state index is 12.5. The topological polar surface area (TPSA) is 110 Å². The highest BCUT2D eigenvalue weighted by Crippen LogP contribution is 2.18. The van der Waals surface area contributed by atoms with Gasteiger partial charge in [-0.15, -0.1) is 0 Å². The monoisotopic (exact) mass is 810 g/mol. The predicted octanol–water partition coefficient (Wildman–Crippen LogP) is 14.4. The van der Waals surface area contributed by atoms with Gasteiger partial charge in [0, 0.05) is 0 Å². The minimum absolute atomic E-state index is 0.376. The van der Waals surface area contributed by atoms with Crippen molar-refractivity contribution < 1.29 is 25.2 Å². The van der Waals surface area contributed by atoms with E-state index in [9.17, 15) is 25.2 Å². The molecule has 4 atom stereocenters. The van der Waals surface area contributed by atoms with Crippen molar-refractivity contribution in [1.29, 1.82) is 0 Å². The fraction of sp³-hybridized carbons (Fsp3) is 0.980. The molecule has 6 nitrogen and oxygen atoms in total. The Bertz CT molecular complexity index is 781. The molecule has 0 radical (unpaired) electrons. The molecule has 4 unspecified atom stereocenters. The van der Waals surface area contributed by atoms with Gasteiger partial charge in [0.1, 0.15) is 12.2 Å². The van der Waals surface area contributed by atoms with Crippen LogP contribution in [0.5, 0.6) is 0 Å². The van der Waals surface area contributed by atoms with Gasteiger partial charge in [-0.05, 0) is 12.8 Å². The van der Waals surface area contributed by atoms with Crippen LogP contribution in [0.25, 0.3) is 0 Å². The molecule has 0 rings (SSSR count). The highest BCUT2D eigenvalue weighted by Gasteiger charge is 2.28. The van der Waals surface area contributed by atoms with Gasteiger partial charge in [0.25, 0.3) is 0 Å². The number of aliphatic hydroxyl groups is 4. The lowest BCUT2D eigenvalue weighted by Crippen LogP contribution is -2.53. The molecule has 57 heavy (non-hydrogen) atoms. The molecule has 0 fully saturated rings. The van der Waals surface area contributed by atoms with Crippen LogP contribution in [-0.2, 0) is 4.79 Å². The summed E-state index contributed by atoms with van der Waals surface area (Å²) < 4.78 is 0. The van der Waals surface area contributed by atoms with Gasteiger partial charge in [-0.3, -0.25) is 4.79 Å². The maximum absolute atomic E-state index is 12.5. The van der Waals surface area contributed by atoms with E-state index in [0.29, 0.717) is 12.8 Å². The Kier molecular flexibility index (Phi) is 45.8. The number of rotatable bonds is 48. The predicted molar refractivity (Wildman–Crippen MR) is 247 cm³/mol. The Morgan fingerprint density at radius 1 is 0.368 bits per heavy atom. The second-order valence-electron chi connectivity index (χ2n) is 18.2. The van der Waals surface area contributed by atoms with Gasteiger partial charge >= 0.3 is 0 Å². The molecule has 1 amide bonds. The van der Waals surface area contributed by atoms with Crippen molar-refractivity contribution in [2.45, 2.75) is 314 Å². The number of nitrogens with one attached hydrogen (secondary N) is 1. The lowest BCUT2D eigenvalue weighted by Gasteiger charge is -2.27. The van der Waals surface area contributed by atoms with Crippen molar-refractivity contribution in [3.05, 3.63) is 0 Å². The van der Waals surface area contributed by atoms with Gasteiger partial charge in [0.05, 0.1) is 18.8 Å². The van der Waals surface area contributed by atoms with E-state index < -0.39 is 36.9 Å². The van der Waals surface area contributed by atoms with Crippen molar-refractivity contribution in [2.75, 3.05) is 6.61 Å². The zero-order valence-corrected chi connectivity index (χ0v) is 38.6. The number of carbonyl (C=O) groups excluding carboxylic acids is 1. The van der Waals surface area contributed by atoms with Crippen molar-refractivity contribution >= 4 is 5.91 Å². The van der Waals surface area contributed by atoms with Gasteiger partial charge in [0.2, 0.25) is 5.91 Å². The average Bonchev–Trinajstić information content (AvgIpc) is 3.22. The Morgan fingerprint density at radius 3 is 0.842 bits per heavy atom. The zero-order valence-electron chi connectivity index (χ0n) is 38.6. The van der Waals surface area contributed by atoms with Crippen molar-refractivity contribution in [2.24, 2.45) is 0 Å². The molecule has 0 saturated heterocycles. The molecule has 342 valence electrons. The molecule has 0 bridgehead atoms. The quantitative estimate of drug-likeness (QED) is 0.0393. The highest BCUT2D eigenvalue weighted by molar-refractivity contribution is 5.80. The molecule has 0 spiro atoms. The van der Waals surface area contributed by atoms with Crippen molar-refractivity contribution in [3.8, 4) is 0 Å². The highest BCUT2D eigenvalue weighted by atomic mass is 16.3. The van der Waals surface area contributed by atoms with Crippen LogP contribution in [0.1, 0.15) is 290 Å². The van der Waals surface area contributed by atoms with Crippen molar-refractivity contribution in [3.63, 3.8) is 0 Å². The standard InChI is InChI=1S/C51H103NO5/c1-3-5-7-9-11-13-15-17-18-19-20-21-22-23-24-25-26-27-28-29-30-31-33-35-37-39-41-43-45-49(55)51(57)52-47(46-53)50(56)48(54)44-42-40-38-36-34-32-16-14-12-10-8-6-4-2/h47-50,53-56H,3-46H2,1-2H3,(H,52,57). The summed E-state index contributed by atoms with van der Waals surface area (Å²) in [5.74, 6) is -0.578. The third-order valence-corrected chi connectivity index (χ3v) is 12.6. The van der Waals surface area contributed by atoms with Gasteiger partial charge in [-0.2, -0.15) is 0 Å². The molecule has 0 aromatic carbocycles. The van der Waals surface area contributed by atoms with E-state index in [4.69, 9.17) is 0 Å². The fourth-order valence-electron chi connectivity index (χ4n) is 8.47. The first-order valence-electron chi connectivity index (χ1n) is 25.9. The fourth-order valence-corrected chi connectivity index (χ4v) is 8.47. The number of amides is 1. The van der Waals surface area contributed by atoms with Gasteiger partial charge in [-0.1, -0.05) is 277 Å². The van der Waals surface area contributed by atoms with Crippen LogP contribution in [0, 0.1) is 0 Å². The third-order valence-electron chi connectivity index (χ3n) is 12.6. The first kappa shape index (κ1) is 56.3. The van der Waals surface area contributed by atoms with E-state index in [-0.39, 0.29) is 0 Å². The van der Waals surface area contributed by atoms with Crippen LogP contribution in [-0.4, -0.2) is 57.3 Å². The summed E-state index contributed by atoms with van der Waals surface area (Å²) >= 11 is 0. The van der Waals surface area contributed by atoms with E-state index in [1.54, 1.807) is 0 Å². The molecule has 5 N–H and O–H groups in total. The number of unbranched alkanes of at least 4 members (excludes halogenated alkanes) is 39. The van der Waals surface area contributed by atoms with E-state index in [0.717, 1.165) is 38.5 Å². The minimum Gasteiger partial charge on any atom is -0.394 e. The third kappa shape index (κ3) is 40.5. The Morgan fingerprint density at radius 2 is 0.596 bits per heavy atom. The zero-order chi connectivity index (χ0) is 41.7. The molecule has 0 aliphatic heterocycles. The molecule has 0 aromatic heterocycles. The lowest BCUT2D eigenvalue weighted by molar-refractivity contribution is -0.132. The molecule has 0 saturated carbocycles. The van der Waals surface area contributed by atoms with Gasteiger partial charge in [0.15, 0.2) is 0 Å². The molecule has 0 aliphatic rings. The first-order chi connectivity index (χ1) is 28.0. The summed E-state index contributed by atoms with van der Waals surface area (Å²) in [7, 11) is 0. The first-order valence-corrected chi connectivity index (χ1v) is 25.9. The summed E-state index contributed by atoms with van der Waals surface area (Å²) in [5.41, 5.74) is 0. The molecule has 0 heterocycles. The summed E-state index contributed by atoms with van der Waals surface area (Å²) in [4.78, 5) is 12.5. The molecular formula is C51H103NO5. The van der Waals surface area contributed by atoms with Crippen molar-refractivity contribution in [1.82, 2.24) is 5.32 Å². The molecule has 0 aliphatic carbocycles. The second-order valence-corrected chi connectivity index (χ2v) is 18.2. The number of hydrogen-bond donors (Lipinski definition) is 5. The Balaban J connectivity index is 3.55. The SMILES string of the molecule is CCCCCCCCCCCCCCCCCCCCCCCCCCCCCCC(O)C(=O)NC(CO)C(O)C(O)CCCCCCCCCCCCCCC. The molecule has 6 heteroatoms. The maximum Gasteiger partial charge on any atom is 0.249 e. The van der Waals surface area contributed by atoms with Crippen LogP contribution in [0.2, 0.25) is 0 Å². The van der Waals surface area contributed by atoms with E-state index in [1.807, 2.05) is 0 Å². The summed E-state index contributed by atoms with van der Waals surface area (Å²) in [6, 6.07) is -0.979. The van der Waals surface area contributed by atoms with Gasteiger partial charge < -0.3 is 25.7 Å². The minimum atomic E-state index is -1.25. The Hall–Kier alpha value is -0.690. The van der Waals surface area contributed by atoms with Crippen LogP contribution < -0.4 is 5.32 Å². The largest absolute Gasteiger partial charge is 0.394 e. The average molecular weight is 810 g/mol. The van der Waals surface area contributed by atoms with E-state index >= 15 is 0 Å². The lowest BCUT2D eigenvalue weighted by atomic mass is 9.99. The van der Waals surface area contributed by atoms with Crippen LogP contribution in [0.4, 0.5) is 0 Å². The molecular weight excluding hydrogens is 707 g/mol. The Labute approximate surface area is 356 Å². The molecule has 0 aromatic rings. The van der Waals surface area contributed by atoms with E-state index in [1.165, 1.54) is 225 Å². The second kappa shape index (κ2) is 46.4. The van der Waals surface area contributed by atoms with Crippen LogP contribution in [0.3, 0.4) is 0 Å². The number of aliphatic hydroxyl groups excluding tert-OH is 4. The van der Waals surface area contributed by atoms with Gasteiger partial charge in [-0.25, -0.2) is 0 Å². The smallest absolute Gasteiger partial charge is 0.249 e. The number of hydrogen-bond acceptors (Lipinski definition) is 5. The summed E-state index contributed by atoms with van der Waals surface area (Å²) in [6.07, 6.45) is 51.6. The van der Waals surface area contributed by atoms with Crippen LogP contribution in [0.15, 0.2) is 0 Å². The number of carbonyl (C=O) groups is 1. The van der Waals surface area contributed by atoms with E-state index in [2.05, 4.69) is 19.2 Å².